The summed E-state index contributed by atoms with van der Waals surface area (Å²) in [4.78, 5) is 0.182. The van der Waals surface area contributed by atoms with Crippen LogP contribution < -0.4 is 4.72 Å². The van der Waals surface area contributed by atoms with Crippen molar-refractivity contribution in [2.24, 2.45) is 5.92 Å². The third kappa shape index (κ3) is 5.01. The molecule has 3 unspecified atom stereocenters. The predicted octanol–water partition coefficient (Wildman–Crippen LogP) is 4.55. The van der Waals surface area contributed by atoms with Crippen molar-refractivity contribution in [1.82, 2.24) is 4.72 Å². The smallest absolute Gasteiger partial charge is 0.241 e. The highest BCUT2D eigenvalue weighted by Gasteiger charge is 2.32. The van der Waals surface area contributed by atoms with Gasteiger partial charge in [0.1, 0.15) is 0 Å². The molecule has 0 amide bonds. The molecule has 3 atom stereocenters. The van der Waals surface area contributed by atoms with E-state index in [0.717, 1.165) is 11.1 Å². The lowest BCUT2D eigenvalue weighted by molar-refractivity contribution is 0.114. The van der Waals surface area contributed by atoms with E-state index < -0.39 is 28.1 Å². The van der Waals surface area contributed by atoms with Crippen molar-refractivity contribution in [3.63, 3.8) is 0 Å². The van der Waals surface area contributed by atoms with Crippen LogP contribution in [0.1, 0.15) is 28.8 Å². The van der Waals surface area contributed by atoms with E-state index in [0.29, 0.717) is 5.56 Å². The number of rotatable bonds is 8. The predicted molar refractivity (Wildman–Crippen MR) is 116 cm³/mol. The normalized spacial score (nSPS) is 14.7. The molecule has 2 N–H and O–H groups in total. The Kier molecular flexibility index (Phi) is 6.64. The maximum absolute atomic E-state index is 13.1. The highest BCUT2D eigenvalue weighted by molar-refractivity contribution is 7.89. The van der Waals surface area contributed by atoms with Crippen molar-refractivity contribution in [3.05, 3.63) is 114 Å². The van der Waals surface area contributed by atoms with E-state index in [-0.39, 0.29) is 4.90 Å². The Morgan fingerprint density at radius 2 is 1.38 bits per heavy atom. The highest BCUT2D eigenvalue weighted by Crippen LogP contribution is 2.35. The SMILES string of the molecule is C=CC(C(O)c1ccccc1)C(NS(=O)(=O)c1ccc(C)cc1)c1ccccc1. The number of nitrogens with one attached hydrogen (secondary N) is 1. The van der Waals surface area contributed by atoms with E-state index >= 15 is 0 Å². The summed E-state index contributed by atoms with van der Waals surface area (Å²) >= 11 is 0. The number of sulfonamides is 1. The topological polar surface area (TPSA) is 66.4 Å². The lowest BCUT2D eigenvalue weighted by Crippen LogP contribution is -2.35. The molecule has 0 fully saturated rings. The minimum Gasteiger partial charge on any atom is -0.388 e. The average Bonchev–Trinajstić information content (AvgIpc) is 2.75. The van der Waals surface area contributed by atoms with Crippen LogP contribution in [-0.4, -0.2) is 13.5 Å². The fraction of sp³-hybridized carbons (Fsp3) is 0.167. The molecule has 4 nitrogen and oxygen atoms in total. The van der Waals surface area contributed by atoms with Crippen molar-refractivity contribution in [1.29, 1.82) is 0 Å². The van der Waals surface area contributed by atoms with E-state index in [4.69, 9.17) is 0 Å². The summed E-state index contributed by atoms with van der Waals surface area (Å²) in [7, 11) is -3.80. The first-order chi connectivity index (χ1) is 13.9. The van der Waals surface area contributed by atoms with Crippen LogP contribution in [0.5, 0.6) is 0 Å². The van der Waals surface area contributed by atoms with Gasteiger partial charge in [0.2, 0.25) is 10.0 Å². The molecule has 3 rings (SSSR count). The van der Waals surface area contributed by atoms with Crippen LogP contribution in [0.3, 0.4) is 0 Å². The van der Waals surface area contributed by atoms with Crippen molar-refractivity contribution < 1.29 is 13.5 Å². The maximum Gasteiger partial charge on any atom is 0.241 e. The Morgan fingerprint density at radius 1 is 0.862 bits per heavy atom. The molecular formula is C24H25NO3S. The van der Waals surface area contributed by atoms with Gasteiger partial charge >= 0.3 is 0 Å². The zero-order valence-electron chi connectivity index (χ0n) is 16.3. The number of aliphatic hydroxyl groups is 1. The number of hydrogen-bond acceptors (Lipinski definition) is 3. The van der Waals surface area contributed by atoms with Crippen LogP contribution in [0.15, 0.2) is 102 Å². The zero-order chi connectivity index (χ0) is 20.9. The van der Waals surface area contributed by atoms with Gasteiger partial charge in [-0.3, -0.25) is 0 Å². The summed E-state index contributed by atoms with van der Waals surface area (Å²) < 4.78 is 28.9. The molecule has 0 aromatic heterocycles. The number of aliphatic hydroxyl groups excluding tert-OH is 1. The van der Waals surface area contributed by atoms with Crippen LogP contribution in [0.4, 0.5) is 0 Å². The molecule has 5 heteroatoms. The quantitative estimate of drug-likeness (QED) is 0.538. The van der Waals surface area contributed by atoms with Gasteiger partial charge < -0.3 is 5.11 Å². The molecule has 0 aliphatic heterocycles. The third-order valence-corrected chi connectivity index (χ3v) is 6.39. The van der Waals surface area contributed by atoms with Crippen molar-refractivity contribution in [2.45, 2.75) is 24.0 Å². The second kappa shape index (κ2) is 9.18. The lowest BCUT2D eigenvalue weighted by Gasteiger charge is -2.30. The largest absolute Gasteiger partial charge is 0.388 e. The van der Waals surface area contributed by atoms with Crippen LogP contribution in [0.2, 0.25) is 0 Å². The van der Waals surface area contributed by atoms with Gasteiger partial charge in [-0.1, -0.05) is 84.4 Å². The molecule has 150 valence electrons. The molecule has 29 heavy (non-hydrogen) atoms. The van der Waals surface area contributed by atoms with E-state index in [1.807, 2.05) is 67.6 Å². The van der Waals surface area contributed by atoms with Gasteiger partial charge in [-0.15, -0.1) is 6.58 Å². The Hall–Kier alpha value is -2.73. The summed E-state index contributed by atoms with van der Waals surface area (Å²) in [5, 5.41) is 11.0. The number of aryl methyl sites for hydroxylation is 1. The van der Waals surface area contributed by atoms with E-state index in [1.165, 1.54) is 0 Å². The van der Waals surface area contributed by atoms with Crippen molar-refractivity contribution in [3.8, 4) is 0 Å². The molecule has 0 saturated heterocycles. The van der Waals surface area contributed by atoms with Crippen LogP contribution >= 0.6 is 0 Å². The van der Waals surface area contributed by atoms with Gasteiger partial charge in [-0.25, -0.2) is 13.1 Å². The highest BCUT2D eigenvalue weighted by atomic mass is 32.2. The van der Waals surface area contributed by atoms with Crippen molar-refractivity contribution in [2.75, 3.05) is 0 Å². The summed E-state index contributed by atoms with van der Waals surface area (Å²) in [6.07, 6.45) is 0.687. The molecule has 3 aromatic carbocycles. The second-order valence-electron chi connectivity index (χ2n) is 6.99. The Labute approximate surface area is 172 Å². The number of hydrogen-bond donors (Lipinski definition) is 2. The summed E-state index contributed by atoms with van der Waals surface area (Å²) in [5.74, 6) is -0.569. The molecular weight excluding hydrogens is 382 g/mol. The van der Waals surface area contributed by atoms with Gasteiger partial charge in [-0.05, 0) is 30.2 Å². The van der Waals surface area contributed by atoms with Gasteiger partial charge in [-0.2, -0.15) is 0 Å². The van der Waals surface area contributed by atoms with E-state index in [1.54, 1.807) is 30.3 Å². The summed E-state index contributed by atoms with van der Waals surface area (Å²) in [6.45, 7) is 5.78. The van der Waals surface area contributed by atoms with Crippen LogP contribution in [0.25, 0.3) is 0 Å². The van der Waals surface area contributed by atoms with Crippen molar-refractivity contribution >= 4 is 10.0 Å². The molecule has 0 heterocycles. The summed E-state index contributed by atoms with van der Waals surface area (Å²) in [5.41, 5.74) is 2.43. The number of benzene rings is 3. The van der Waals surface area contributed by atoms with Crippen LogP contribution in [0, 0.1) is 12.8 Å². The standard InChI is InChI=1S/C24H25NO3S/c1-3-22(24(26)20-12-8-5-9-13-20)23(19-10-6-4-7-11-19)25-29(27,28)21-16-14-18(2)15-17-21/h3-17,22-26H,1H2,2H3. The maximum atomic E-state index is 13.1. The van der Waals surface area contributed by atoms with E-state index in [9.17, 15) is 13.5 Å². The van der Waals surface area contributed by atoms with Gasteiger partial charge in [0, 0.05) is 5.92 Å². The average molecular weight is 408 g/mol. The molecule has 0 aliphatic rings. The second-order valence-corrected chi connectivity index (χ2v) is 8.71. The first kappa shape index (κ1) is 21.0. The fourth-order valence-corrected chi connectivity index (χ4v) is 4.56. The first-order valence-corrected chi connectivity index (χ1v) is 10.9. The Morgan fingerprint density at radius 3 is 1.90 bits per heavy atom. The zero-order valence-corrected chi connectivity index (χ0v) is 17.1. The molecule has 0 aliphatic carbocycles. The molecule has 0 saturated carbocycles. The monoisotopic (exact) mass is 407 g/mol. The Balaban J connectivity index is 2.00. The third-order valence-electron chi connectivity index (χ3n) is 4.93. The fourth-order valence-electron chi connectivity index (χ4n) is 3.30. The Bertz CT molecular complexity index is 1030. The lowest BCUT2D eigenvalue weighted by atomic mass is 9.86. The van der Waals surface area contributed by atoms with Gasteiger partial charge in [0.25, 0.3) is 0 Å². The minimum absolute atomic E-state index is 0.182. The minimum atomic E-state index is -3.80. The van der Waals surface area contributed by atoms with Gasteiger partial charge in [0.15, 0.2) is 0 Å². The molecule has 0 bridgehead atoms. The van der Waals surface area contributed by atoms with Gasteiger partial charge in [0.05, 0.1) is 17.0 Å². The molecule has 0 radical (unpaired) electrons. The molecule has 3 aromatic rings. The summed E-state index contributed by atoms with van der Waals surface area (Å²) in [6, 6.07) is 24.4. The van der Waals surface area contributed by atoms with Crippen LogP contribution in [-0.2, 0) is 10.0 Å². The first-order valence-electron chi connectivity index (χ1n) is 9.42. The van der Waals surface area contributed by atoms with E-state index in [2.05, 4.69) is 11.3 Å². The molecule has 0 spiro atoms.